The molecule has 0 saturated carbocycles. The number of allylic oxidation sites excluding steroid dienone is 1. The number of H-pyrrole nitrogens is 1. The summed E-state index contributed by atoms with van der Waals surface area (Å²) in [5.41, 5.74) is 4.10. The number of para-hydroxylation sites is 1. The molecule has 2 N–H and O–H groups in total. The zero-order chi connectivity index (χ0) is 21.8. The monoisotopic (exact) mass is 451 g/mol. The molecule has 3 heterocycles. The molecule has 1 aromatic carbocycles. The summed E-state index contributed by atoms with van der Waals surface area (Å²) in [6, 6.07) is 7.83. The minimum Gasteiger partial charge on any atom is -0.496 e. The Morgan fingerprint density at radius 1 is 1.35 bits per heavy atom. The number of hydrogen-bond donors (Lipinski definition) is 3. The van der Waals surface area contributed by atoms with Crippen molar-refractivity contribution in [2.45, 2.75) is 23.3 Å². The van der Waals surface area contributed by atoms with Gasteiger partial charge in [0.25, 0.3) is 0 Å². The van der Waals surface area contributed by atoms with Crippen LogP contribution in [0.15, 0.2) is 75.6 Å². The first kappa shape index (κ1) is 21.0. The highest BCUT2D eigenvalue weighted by molar-refractivity contribution is 7.99. The minimum atomic E-state index is 0.552. The van der Waals surface area contributed by atoms with Crippen molar-refractivity contribution in [1.82, 2.24) is 24.6 Å². The summed E-state index contributed by atoms with van der Waals surface area (Å²) in [6.07, 6.45) is 7.89. The van der Waals surface area contributed by atoms with Crippen molar-refractivity contribution in [3.05, 3.63) is 61.3 Å². The average molecular weight is 452 g/mol. The predicted molar refractivity (Wildman–Crippen MR) is 127 cm³/mol. The number of thiol groups is 1. The van der Waals surface area contributed by atoms with Gasteiger partial charge in [0.05, 0.1) is 30.1 Å². The Kier molecular flexibility index (Phi) is 6.28. The summed E-state index contributed by atoms with van der Waals surface area (Å²) >= 11 is 5.48. The third kappa shape index (κ3) is 4.59. The van der Waals surface area contributed by atoms with Gasteiger partial charge in [-0.15, -0.1) is 0 Å². The predicted octanol–water partition coefficient (Wildman–Crippen LogP) is 4.90. The van der Waals surface area contributed by atoms with Crippen LogP contribution >= 0.6 is 24.6 Å². The van der Waals surface area contributed by atoms with Gasteiger partial charge in [-0.1, -0.05) is 30.5 Å². The van der Waals surface area contributed by atoms with Gasteiger partial charge in [0.15, 0.2) is 11.5 Å². The van der Waals surface area contributed by atoms with Gasteiger partial charge in [-0.3, -0.25) is 9.50 Å². The van der Waals surface area contributed by atoms with Crippen LogP contribution in [0, 0.1) is 0 Å². The molecule has 4 rings (SSSR count). The molecule has 0 aliphatic rings. The van der Waals surface area contributed by atoms with Gasteiger partial charge in [-0.2, -0.15) is 5.10 Å². The highest BCUT2D eigenvalue weighted by Crippen LogP contribution is 2.35. The van der Waals surface area contributed by atoms with Crippen molar-refractivity contribution in [1.29, 1.82) is 0 Å². The molecule has 0 spiro atoms. The maximum absolute atomic E-state index is 5.49. The normalized spacial score (nSPS) is 11.6. The fraction of sp³-hybridized carbons (Fsp3) is 0.143. The van der Waals surface area contributed by atoms with E-state index >= 15 is 0 Å². The van der Waals surface area contributed by atoms with Gasteiger partial charge in [0.1, 0.15) is 10.8 Å². The van der Waals surface area contributed by atoms with E-state index in [2.05, 4.69) is 44.3 Å². The smallest absolute Gasteiger partial charge is 0.181 e. The van der Waals surface area contributed by atoms with Crippen LogP contribution < -0.4 is 10.1 Å². The minimum absolute atomic E-state index is 0.552. The van der Waals surface area contributed by atoms with Gasteiger partial charge in [-0.25, -0.2) is 14.4 Å². The number of benzene rings is 1. The number of ether oxygens (including phenoxy) is 1. The molecule has 0 fully saturated rings. The first-order valence-corrected chi connectivity index (χ1v) is 10.6. The molecule has 158 valence electrons. The van der Waals surface area contributed by atoms with E-state index in [1.807, 2.05) is 48.0 Å². The lowest BCUT2D eigenvalue weighted by Crippen LogP contribution is -2.07. The summed E-state index contributed by atoms with van der Waals surface area (Å²) in [5.74, 6) is 1.39. The molecule has 0 atom stereocenters. The lowest BCUT2D eigenvalue weighted by Gasteiger charge is -2.13. The van der Waals surface area contributed by atoms with Crippen molar-refractivity contribution in [3.63, 3.8) is 0 Å². The van der Waals surface area contributed by atoms with E-state index in [0.717, 1.165) is 38.3 Å². The van der Waals surface area contributed by atoms with Crippen LogP contribution in [0.2, 0.25) is 0 Å². The highest BCUT2D eigenvalue weighted by atomic mass is 32.2. The third-order valence-electron chi connectivity index (χ3n) is 4.48. The second-order valence-electron chi connectivity index (χ2n) is 6.75. The second kappa shape index (κ2) is 9.27. The molecular weight excluding hydrogens is 430 g/mol. The maximum Gasteiger partial charge on any atom is 0.181 e. The highest BCUT2D eigenvalue weighted by Gasteiger charge is 2.16. The number of fused-ring (bicyclic) bond motifs is 1. The Hall–Kier alpha value is -3.24. The second-order valence-corrected chi connectivity index (χ2v) is 8.01. The van der Waals surface area contributed by atoms with E-state index in [4.69, 9.17) is 9.72 Å². The number of hydrogen-bond acceptors (Lipinski definition) is 8. The number of nitrogens with one attached hydrogen (secondary N) is 2. The average Bonchev–Trinajstić information content (AvgIpc) is 3.43. The van der Waals surface area contributed by atoms with Crippen LogP contribution in [-0.4, -0.2) is 37.4 Å². The van der Waals surface area contributed by atoms with Crippen molar-refractivity contribution in [2.75, 3.05) is 12.4 Å². The molecule has 0 radical (unpaired) electrons. The Labute approximate surface area is 189 Å². The maximum atomic E-state index is 5.49. The van der Waals surface area contributed by atoms with Gasteiger partial charge < -0.3 is 10.1 Å². The van der Waals surface area contributed by atoms with Crippen molar-refractivity contribution >= 4 is 41.8 Å². The van der Waals surface area contributed by atoms with Gasteiger partial charge in [0.2, 0.25) is 0 Å². The van der Waals surface area contributed by atoms with Crippen LogP contribution in [0.4, 0.5) is 5.82 Å². The Morgan fingerprint density at radius 2 is 2.19 bits per heavy atom. The van der Waals surface area contributed by atoms with E-state index in [9.17, 15) is 0 Å². The van der Waals surface area contributed by atoms with Gasteiger partial charge in [-0.05, 0) is 31.9 Å². The van der Waals surface area contributed by atoms with E-state index in [1.165, 1.54) is 11.8 Å². The molecule has 31 heavy (non-hydrogen) atoms. The van der Waals surface area contributed by atoms with Crippen molar-refractivity contribution in [2.24, 2.45) is 4.40 Å². The number of aromatic amines is 1. The molecular formula is C21H21N7OS2. The lowest BCUT2D eigenvalue weighted by atomic mass is 10.2. The van der Waals surface area contributed by atoms with Gasteiger partial charge in [0, 0.05) is 35.8 Å². The van der Waals surface area contributed by atoms with Crippen LogP contribution in [0.3, 0.4) is 0 Å². The third-order valence-corrected chi connectivity index (χ3v) is 5.79. The standard InChI is InChI=1S/C21H21N7OS2/c1-13(8-14(2)27-30)25-20-21-22-11-16(15-9-23-24-10-15)28(21)12-19(26-20)31-18-7-5-4-6-17(18)29-3/h4-7,9-12,30H,1,8H2,2-3H3,(H,23,24)(H,25,26)/b27-14-. The number of anilines is 1. The van der Waals surface area contributed by atoms with Crippen LogP contribution in [0.1, 0.15) is 13.3 Å². The van der Waals surface area contributed by atoms with Crippen LogP contribution in [-0.2, 0) is 0 Å². The van der Waals surface area contributed by atoms with Crippen LogP contribution in [0.25, 0.3) is 16.9 Å². The summed E-state index contributed by atoms with van der Waals surface area (Å²) in [7, 11) is 1.66. The fourth-order valence-corrected chi connectivity index (χ4v) is 4.07. The Morgan fingerprint density at radius 3 is 2.94 bits per heavy atom. The van der Waals surface area contributed by atoms with E-state index in [1.54, 1.807) is 19.5 Å². The molecule has 3 aromatic heterocycles. The summed E-state index contributed by atoms with van der Waals surface area (Å²) < 4.78 is 11.4. The number of methoxy groups -OCH3 is 1. The van der Waals surface area contributed by atoms with E-state index in [0.29, 0.717) is 17.9 Å². The Bertz CT molecular complexity index is 1250. The molecule has 8 nitrogen and oxygen atoms in total. The van der Waals surface area contributed by atoms with Crippen molar-refractivity contribution < 1.29 is 4.74 Å². The number of nitrogens with zero attached hydrogens (tertiary/aromatic N) is 5. The fourth-order valence-electron chi connectivity index (χ4n) is 3.08. The molecule has 0 bridgehead atoms. The number of rotatable bonds is 8. The molecule has 4 aromatic rings. The van der Waals surface area contributed by atoms with Gasteiger partial charge >= 0.3 is 0 Å². The lowest BCUT2D eigenvalue weighted by molar-refractivity contribution is 0.405. The molecule has 10 heteroatoms. The molecule has 0 amide bonds. The Balaban J connectivity index is 1.78. The first-order valence-electron chi connectivity index (χ1n) is 9.39. The molecule has 0 saturated heterocycles. The summed E-state index contributed by atoms with van der Waals surface area (Å²) in [5, 5.41) is 11.0. The summed E-state index contributed by atoms with van der Waals surface area (Å²) in [4.78, 5) is 10.4. The first-order chi connectivity index (χ1) is 15.1. The summed E-state index contributed by atoms with van der Waals surface area (Å²) in [6.45, 7) is 5.99. The molecule has 0 unspecified atom stereocenters. The zero-order valence-electron chi connectivity index (χ0n) is 17.0. The zero-order valence-corrected chi connectivity index (χ0v) is 18.7. The van der Waals surface area contributed by atoms with Crippen molar-refractivity contribution in [3.8, 4) is 17.0 Å². The topological polar surface area (TPSA) is 92.5 Å². The SMILES string of the molecule is C=C(C/C(C)=N\S)Nc1nc(Sc2ccccc2OC)cn2c(-c3cn[nH]c3)cnc12. The molecule has 0 aliphatic carbocycles. The number of aromatic nitrogens is 5. The quantitative estimate of drug-likeness (QED) is 0.261. The van der Waals surface area contributed by atoms with E-state index in [-0.39, 0.29) is 0 Å². The molecule has 0 aliphatic heterocycles. The largest absolute Gasteiger partial charge is 0.496 e. The van der Waals surface area contributed by atoms with E-state index < -0.39 is 0 Å². The number of imidazole rings is 1. The van der Waals surface area contributed by atoms with Crippen LogP contribution in [0.5, 0.6) is 5.75 Å².